The lowest BCUT2D eigenvalue weighted by molar-refractivity contribution is -0.144. The number of anilines is 2. The lowest BCUT2D eigenvalue weighted by Crippen LogP contribution is -2.32. The van der Waals surface area contributed by atoms with E-state index in [0.29, 0.717) is 21.9 Å². The van der Waals surface area contributed by atoms with Crippen LogP contribution in [-0.4, -0.2) is 43.8 Å². The van der Waals surface area contributed by atoms with Gasteiger partial charge in [0.2, 0.25) is 5.95 Å². The number of fused-ring (bicyclic) bond motifs is 1. The minimum absolute atomic E-state index is 0.0236. The Hall–Kier alpha value is -2.46. The monoisotopic (exact) mass is 534 g/mol. The van der Waals surface area contributed by atoms with Crippen LogP contribution in [0.4, 0.5) is 24.8 Å². The molecule has 0 bridgehead atoms. The van der Waals surface area contributed by atoms with Crippen molar-refractivity contribution in [3.63, 3.8) is 0 Å². The second-order valence-corrected chi connectivity index (χ2v) is 9.84. The fourth-order valence-corrected chi connectivity index (χ4v) is 5.24. The van der Waals surface area contributed by atoms with E-state index in [1.165, 1.54) is 37.1 Å². The molecule has 0 spiro atoms. The Bertz CT molecular complexity index is 1190. The molecule has 3 aromatic rings. The van der Waals surface area contributed by atoms with Crippen molar-refractivity contribution in [2.45, 2.75) is 57.7 Å². The topological polar surface area (TPSA) is 58.9 Å². The number of rotatable bonds is 4. The Morgan fingerprint density at radius 3 is 2.47 bits per heavy atom. The van der Waals surface area contributed by atoms with Gasteiger partial charge in [0.1, 0.15) is 4.60 Å². The standard InChI is InChI=1S/C24H26BrF3N6/c1-15-4-11-20(25)30-21(15)34-23(31-22(32-34)24(26,27)28)29-18-8-5-16-6-9-19(10-7-17(16)14-18)33-12-2-3-13-33/h4-5,8,11,14,19H,2-3,6-7,9-10,12-13H2,1H3,(H,29,31,32). The molecule has 34 heavy (non-hydrogen) atoms. The highest BCUT2D eigenvalue weighted by atomic mass is 79.9. The minimum Gasteiger partial charge on any atom is -0.324 e. The predicted molar refractivity (Wildman–Crippen MR) is 128 cm³/mol. The van der Waals surface area contributed by atoms with Crippen LogP contribution in [0.25, 0.3) is 5.82 Å². The summed E-state index contributed by atoms with van der Waals surface area (Å²) >= 11 is 3.29. The number of alkyl halides is 3. The van der Waals surface area contributed by atoms with Gasteiger partial charge in [-0.2, -0.15) is 22.8 Å². The van der Waals surface area contributed by atoms with Gasteiger partial charge in [0.25, 0.3) is 5.82 Å². The summed E-state index contributed by atoms with van der Waals surface area (Å²) in [6.45, 7) is 4.15. The van der Waals surface area contributed by atoms with Gasteiger partial charge < -0.3 is 10.2 Å². The summed E-state index contributed by atoms with van der Waals surface area (Å²) in [4.78, 5) is 10.7. The molecule has 5 rings (SSSR count). The number of benzene rings is 1. The molecule has 0 radical (unpaired) electrons. The smallest absolute Gasteiger partial charge is 0.324 e. The van der Waals surface area contributed by atoms with Crippen LogP contribution in [0.3, 0.4) is 0 Å². The third-order valence-corrected chi connectivity index (χ3v) is 7.15. The Kier molecular flexibility index (Phi) is 6.37. The molecule has 1 fully saturated rings. The molecule has 0 saturated carbocycles. The van der Waals surface area contributed by atoms with Crippen molar-refractivity contribution < 1.29 is 13.2 Å². The fourth-order valence-electron chi connectivity index (χ4n) is 4.94. The SMILES string of the molecule is Cc1ccc(Br)nc1-n1nc(C(F)(F)F)nc1Nc1ccc2c(c1)CCC(N1CCCC1)CC2. The van der Waals surface area contributed by atoms with E-state index in [1.54, 1.807) is 19.1 Å². The quantitative estimate of drug-likeness (QED) is 0.336. The van der Waals surface area contributed by atoms with E-state index in [1.807, 2.05) is 12.1 Å². The molecule has 10 heteroatoms. The molecular weight excluding hydrogens is 509 g/mol. The molecular formula is C24H26BrF3N6. The van der Waals surface area contributed by atoms with Gasteiger partial charge in [-0.3, -0.25) is 0 Å². The number of nitrogens with one attached hydrogen (secondary N) is 1. The van der Waals surface area contributed by atoms with Gasteiger partial charge in [-0.05, 0) is 109 Å². The molecule has 6 nitrogen and oxygen atoms in total. The number of aryl methyl sites for hydroxylation is 3. The van der Waals surface area contributed by atoms with Gasteiger partial charge in [-0.25, -0.2) is 4.98 Å². The van der Waals surface area contributed by atoms with Crippen LogP contribution < -0.4 is 5.32 Å². The average molecular weight is 535 g/mol. The minimum atomic E-state index is -4.67. The van der Waals surface area contributed by atoms with Gasteiger partial charge in [0.15, 0.2) is 5.82 Å². The number of pyridine rings is 1. The zero-order valence-electron chi connectivity index (χ0n) is 18.9. The van der Waals surface area contributed by atoms with Crippen LogP contribution in [-0.2, 0) is 19.0 Å². The molecule has 1 atom stereocenters. The van der Waals surface area contributed by atoms with Crippen molar-refractivity contribution in [2.75, 3.05) is 18.4 Å². The first-order valence-electron chi connectivity index (χ1n) is 11.6. The molecule has 2 aliphatic rings. The lowest BCUT2D eigenvalue weighted by Gasteiger charge is -2.25. The molecule has 1 aromatic carbocycles. The van der Waals surface area contributed by atoms with Crippen LogP contribution in [0.1, 0.15) is 48.2 Å². The summed E-state index contributed by atoms with van der Waals surface area (Å²) in [6.07, 6.45) is 2.13. The van der Waals surface area contributed by atoms with Gasteiger partial charge in [-0.15, -0.1) is 5.10 Å². The molecule has 2 aromatic heterocycles. The number of hydrogen-bond acceptors (Lipinski definition) is 5. The van der Waals surface area contributed by atoms with Crippen molar-refractivity contribution in [3.05, 3.63) is 57.4 Å². The summed E-state index contributed by atoms with van der Waals surface area (Å²) in [5, 5.41) is 6.81. The molecule has 1 aliphatic carbocycles. The maximum Gasteiger partial charge on any atom is 0.453 e. The van der Waals surface area contributed by atoms with Crippen molar-refractivity contribution in [1.82, 2.24) is 24.6 Å². The Balaban J connectivity index is 1.44. The van der Waals surface area contributed by atoms with Crippen LogP contribution in [0.2, 0.25) is 0 Å². The zero-order chi connectivity index (χ0) is 23.9. The molecule has 1 N–H and O–H groups in total. The Labute approximate surface area is 204 Å². The van der Waals surface area contributed by atoms with E-state index in [4.69, 9.17) is 0 Å². The van der Waals surface area contributed by atoms with E-state index in [9.17, 15) is 13.2 Å². The maximum atomic E-state index is 13.5. The summed E-state index contributed by atoms with van der Waals surface area (Å²) in [6, 6.07) is 10.1. The summed E-state index contributed by atoms with van der Waals surface area (Å²) in [7, 11) is 0. The molecule has 0 amide bonds. The molecule has 180 valence electrons. The second-order valence-electron chi connectivity index (χ2n) is 9.03. The zero-order valence-corrected chi connectivity index (χ0v) is 20.5. The van der Waals surface area contributed by atoms with Gasteiger partial charge in [0, 0.05) is 11.7 Å². The Morgan fingerprint density at radius 2 is 1.74 bits per heavy atom. The first-order valence-corrected chi connectivity index (χ1v) is 12.4. The van der Waals surface area contributed by atoms with Gasteiger partial charge in [0.05, 0.1) is 0 Å². The number of hydrogen-bond donors (Lipinski definition) is 1. The van der Waals surface area contributed by atoms with Crippen molar-refractivity contribution in [1.29, 1.82) is 0 Å². The first kappa shape index (κ1) is 23.3. The first-order chi connectivity index (χ1) is 16.3. The summed E-state index contributed by atoms with van der Waals surface area (Å²) in [5.74, 6) is -0.952. The third kappa shape index (κ3) is 4.84. The van der Waals surface area contributed by atoms with E-state index < -0.39 is 12.0 Å². The van der Waals surface area contributed by atoms with E-state index in [-0.39, 0.29) is 11.8 Å². The molecule has 1 saturated heterocycles. The fraction of sp³-hybridized carbons (Fsp3) is 0.458. The van der Waals surface area contributed by atoms with Crippen LogP contribution >= 0.6 is 15.9 Å². The summed E-state index contributed by atoms with van der Waals surface area (Å²) < 4.78 is 42.0. The molecule has 1 aliphatic heterocycles. The predicted octanol–water partition coefficient (Wildman–Crippen LogP) is 5.84. The van der Waals surface area contributed by atoms with Crippen molar-refractivity contribution >= 4 is 27.6 Å². The average Bonchev–Trinajstić information content (AvgIpc) is 3.42. The van der Waals surface area contributed by atoms with E-state index in [0.717, 1.165) is 30.4 Å². The highest BCUT2D eigenvalue weighted by Crippen LogP contribution is 2.32. The number of aromatic nitrogens is 4. The van der Waals surface area contributed by atoms with Crippen molar-refractivity contribution in [2.24, 2.45) is 0 Å². The van der Waals surface area contributed by atoms with E-state index >= 15 is 0 Å². The molecule has 1 unspecified atom stereocenters. The second kappa shape index (κ2) is 9.30. The largest absolute Gasteiger partial charge is 0.453 e. The maximum absolute atomic E-state index is 13.5. The summed E-state index contributed by atoms with van der Waals surface area (Å²) in [5.41, 5.74) is 3.92. The Morgan fingerprint density at radius 1 is 1.00 bits per heavy atom. The van der Waals surface area contributed by atoms with Crippen molar-refractivity contribution in [3.8, 4) is 5.82 Å². The number of halogens is 4. The van der Waals surface area contributed by atoms with E-state index in [2.05, 4.69) is 47.3 Å². The normalized spacial score (nSPS) is 19.1. The van der Waals surface area contributed by atoms with Gasteiger partial charge in [-0.1, -0.05) is 12.1 Å². The van der Waals surface area contributed by atoms with Crippen LogP contribution in [0, 0.1) is 6.92 Å². The van der Waals surface area contributed by atoms with Crippen LogP contribution in [0.15, 0.2) is 34.9 Å². The highest BCUT2D eigenvalue weighted by molar-refractivity contribution is 9.10. The van der Waals surface area contributed by atoms with Gasteiger partial charge >= 0.3 is 6.18 Å². The third-order valence-electron chi connectivity index (χ3n) is 6.71. The highest BCUT2D eigenvalue weighted by Gasteiger charge is 2.38. The van der Waals surface area contributed by atoms with Crippen LogP contribution in [0.5, 0.6) is 0 Å². The molecule has 3 heterocycles. The number of nitrogens with zero attached hydrogens (tertiary/aromatic N) is 5. The lowest BCUT2D eigenvalue weighted by atomic mass is 10.0. The number of likely N-dealkylation sites (tertiary alicyclic amines) is 1.